The summed E-state index contributed by atoms with van der Waals surface area (Å²) in [6.45, 7) is 3.55. The predicted molar refractivity (Wildman–Crippen MR) is 41.2 cm³/mol. The second-order valence-electron chi connectivity index (χ2n) is 2.29. The second kappa shape index (κ2) is 3.85. The standard InChI is InChI=1S/C6H12O3S/c1-6(2,9-4)5(8-3)10-7/h1-4H3. The predicted octanol–water partition coefficient (Wildman–Crippen LogP) is 0.401. The van der Waals surface area contributed by atoms with E-state index in [-0.39, 0.29) is 0 Å². The topological polar surface area (TPSA) is 35.5 Å². The largest absolute Gasteiger partial charge is 0.371 e. The van der Waals surface area contributed by atoms with Crippen molar-refractivity contribution in [3.63, 3.8) is 0 Å². The molecule has 3 nitrogen and oxygen atoms in total. The van der Waals surface area contributed by atoms with E-state index in [0.29, 0.717) is 16.3 Å². The fraction of sp³-hybridized carbons (Fsp3) is 0.833. The molecule has 0 bridgehead atoms. The molecule has 0 fully saturated rings. The normalized spacial score (nSPS) is 11.2. The third kappa shape index (κ3) is 2.21. The molecule has 0 saturated carbocycles. The molecule has 0 spiro atoms. The van der Waals surface area contributed by atoms with Gasteiger partial charge >= 0.3 is 0 Å². The van der Waals surface area contributed by atoms with E-state index in [1.54, 1.807) is 13.8 Å². The lowest BCUT2D eigenvalue weighted by atomic mass is 10.1. The van der Waals surface area contributed by atoms with Crippen molar-refractivity contribution in [2.45, 2.75) is 19.4 Å². The van der Waals surface area contributed by atoms with Crippen molar-refractivity contribution in [3.05, 3.63) is 0 Å². The average Bonchev–Trinajstić information content (AvgIpc) is 1.90. The molecule has 10 heavy (non-hydrogen) atoms. The second-order valence-corrected chi connectivity index (χ2v) is 2.83. The Morgan fingerprint density at radius 3 is 2.00 bits per heavy atom. The summed E-state index contributed by atoms with van der Waals surface area (Å²) in [6.07, 6.45) is 0. The molecule has 0 aromatic carbocycles. The van der Waals surface area contributed by atoms with Crippen LogP contribution in [0.5, 0.6) is 0 Å². The average molecular weight is 164 g/mol. The first-order valence-electron chi connectivity index (χ1n) is 2.85. The van der Waals surface area contributed by atoms with E-state index in [4.69, 9.17) is 9.47 Å². The lowest BCUT2D eigenvalue weighted by Crippen LogP contribution is -2.34. The summed E-state index contributed by atoms with van der Waals surface area (Å²) in [7, 11) is 3.00. The van der Waals surface area contributed by atoms with E-state index in [9.17, 15) is 4.21 Å². The van der Waals surface area contributed by atoms with Crippen LogP contribution >= 0.6 is 0 Å². The Kier molecular flexibility index (Phi) is 3.78. The maximum atomic E-state index is 10.3. The minimum absolute atomic E-state index is 0.321. The molecule has 0 aromatic rings. The molecule has 0 radical (unpaired) electrons. The summed E-state index contributed by atoms with van der Waals surface area (Å²) >= 11 is 0.321. The molecule has 0 heterocycles. The molecule has 0 aromatic heterocycles. The Hall–Kier alpha value is -0.190. The highest BCUT2D eigenvalue weighted by atomic mass is 32.1. The van der Waals surface area contributed by atoms with Crippen LogP contribution in [0.15, 0.2) is 0 Å². The van der Waals surface area contributed by atoms with Crippen LogP contribution in [0, 0.1) is 0 Å². The van der Waals surface area contributed by atoms with E-state index < -0.39 is 5.60 Å². The SMILES string of the molecule is COC(=S=O)C(C)(C)OC. The minimum atomic E-state index is -0.596. The Morgan fingerprint density at radius 2 is 1.90 bits per heavy atom. The Bertz CT molecular complexity index is 158. The first-order valence-corrected chi connectivity index (χ1v) is 3.59. The highest BCUT2D eigenvalue weighted by molar-refractivity contribution is 7.66. The fourth-order valence-corrected chi connectivity index (χ4v) is 0.816. The van der Waals surface area contributed by atoms with Gasteiger partial charge in [0.2, 0.25) is 0 Å². The van der Waals surface area contributed by atoms with Crippen molar-refractivity contribution in [1.82, 2.24) is 0 Å². The van der Waals surface area contributed by atoms with Gasteiger partial charge < -0.3 is 9.47 Å². The van der Waals surface area contributed by atoms with Crippen LogP contribution in [0.2, 0.25) is 0 Å². The molecule has 4 heteroatoms. The van der Waals surface area contributed by atoms with Gasteiger partial charge in [-0.15, -0.1) is 0 Å². The molecular weight excluding hydrogens is 152 g/mol. The van der Waals surface area contributed by atoms with Gasteiger partial charge in [-0.25, -0.2) is 4.21 Å². The van der Waals surface area contributed by atoms with Gasteiger partial charge in [-0.05, 0) is 13.8 Å². The van der Waals surface area contributed by atoms with Gasteiger partial charge in [-0.1, -0.05) is 0 Å². The van der Waals surface area contributed by atoms with E-state index >= 15 is 0 Å². The van der Waals surface area contributed by atoms with Crippen LogP contribution in [0.1, 0.15) is 13.8 Å². The number of hydrogen-bond acceptors (Lipinski definition) is 3. The molecule has 0 aliphatic carbocycles. The zero-order valence-electron chi connectivity index (χ0n) is 6.63. The molecule has 0 N–H and O–H groups in total. The Labute approximate surface area is 64.4 Å². The van der Waals surface area contributed by atoms with Crippen LogP contribution in [-0.4, -0.2) is 29.1 Å². The smallest absolute Gasteiger partial charge is 0.177 e. The van der Waals surface area contributed by atoms with Gasteiger partial charge in [0.15, 0.2) is 5.05 Å². The third-order valence-corrected chi connectivity index (χ3v) is 2.07. The molecule has 0 atom stereocenters. The van der Waals surface area contributed by atoms with Crippen LogP contribution in [-0.2, 0) is 20.7 Å². The number of hydrogen-bond donors (Lipinski definition) is 0. The number of ether oxygens (including phenoxy) is 2. The first-order chi connectivity index (χ1) is 4.58. The Morgan fingerprint density at radius 1 is 1.40 bits per heavy atom. The zero-order chi connectivity index (χ0) is 8.20. The molecule has 60 valence electrons. The maximum Gasteiger partial charge on any atom is 0.177 e. The van der Waals surface area contributed by atoms with Crippen LogP contribution in [0.3, 0.4) is 0 Å². The number of methoxy groups -OCH3 is 2. The summed E-state index contributed by atoms with van der Waals surface area (Å²) < 4.78 is 20.1. The monoisotopic (exact) mass is 164 g/mol. The summed E-state index contributed by atoms with van der Waals surface area (Å²) in [6, 6.07) is 0. The van der Waals surface area contributed by atoms with Crippen LogP contribution < -0.4 is 0 Å². The lowest BCUT2D eigenvalue weighted by Gasteiger charge is -2.21. The van der Waals surface area contributed by atoms with Crippen molar-refractivity contribution in [3.8, 4) is 0 Å². The highest BCUT2D eigenvalue weighted by Crippen LogP contribution is 2.08. The Balaban J connectivity index is 4.43. The van der Waals surface area contributed by atoms with E-state index in [1.165, 1.54) is 14.2 Å². The van der Waals surface area contributed by atoms with Gasteiger partial charge in [0.05, 0.1) is 0 Å². The van der Waals surface area contributed by atoms with Gasteiger partial charge in [0, 0.05) is 14.2 Å². The van der Waals surface area contributed by atoms with Crippen LogP contribution in [0.25, 0.3) is 0 Å². The van der Waals surface area contributed by atoms with Crippen molar-refractivity contribution in [1.29, 1.82) is 0 Å². The summed E-state index contributed by atoms with van der Waals surface area (Å²) in [5.41, 5.74) is -0.596. The molecular formula is C6H12O3S. The highest BCUT2D eigenvalue weighted by Gasteiger charge is 2.23. The minimum Gasteiger partial charge on any atom is -0.371 e. The molecule has 0 aliphatic heterocycles. The molecule has 0 saturated heterocycles. The quantitative estimate of drug-likeness (QED) is 0.554. The van der Waals surface area contributed by atoms with Crippen LogP contribution in [0.4, 0.5) is 0 Å². The summed E-state index contributed by atoms with van der Waals surface area (Å²) in [5, 5.41) is 0.343. The molecule has 0 amide bonds. The maximum absolute atomic E-state index is 10.3. The lowest BCUT2D eigenvalue weighted by molar-refractivity contribution is 0.0662. The number of rotatable bonds is 2. The van der Waals surface area contributed by atoms with E-state index in [2.05, 4.69) is 0 Å². The molecule has 0 unspecified atom stereocenters. The third-order valence-electron chi connectivity index (χ3n) is 1.26. The van der Waals surface area contributed by atoms with Gasteiger partial charge in [-0.2, -0.15) is 0 Å². The van der Waals surface area contributed by atoms with E-state index in [1.807, 2.05) is 0 Å². The molecule has 0 rings (SSSR count). The summed E-state index contributed by atoms with van der Waals surface area (Å²) in [5.74, 6) is 0. The van der Waals surface area contributed by atoms with Gasteiger partial charge in [-0.3, -0.25) is 0 Å². The zero-order valence-corrected chi connectivity index (χ0v) is 7.45. The van der Waals surface area contributed by atoms with Gasteiger partial charge in [0.25, 0.3) is 0 Å². The van der Waals surface area contributed by atoms with Crippen molar-refractivity contribution in [2.75, 3.05) is 14.2 Å². The van der Waals surface area contributed by atoms with Gasteiger partial charge in [0.1, 0.15) is 16.9 Å². The first kappa shape index (κ1) is 9.81. The van der Waals surface area contributed by atoms with Crippen molar-refractivity contribution < 1.29 is 13.7 Å². The molecule has 0 aliphatic rings. The summed E-state index contributed by atoms with van der Waals surface area (Å²) in [4.78, 5) is 0. The fourth-order valence-electron chi connectivity index (χ4n) is 0.463. The van der Waals surface area contributed by atoms with E-state index in [0.717, 1.165) is 0 Å². The van der Waals surface area contributed by atoms with Crippen molar-refractivity contribution in [2.24, 2.45) is 0 Å². The van der Waals surface area contributed by atoms with Crippen molar-refractivity contribution >= 4 is 16.3 Å².